The Morgan fingerprint density at radius 2 is 2.16 bits per heavy atom. The number of benzene rings is 1. The van der Waals surface area contributed by atoms with E-state index < -0.39 is 28.6 Å². The summed E-state index contributed by atoms with van der Waals surface area (Å²) in [5.74, 6) is -2.47. The zero-order valence-electron chi connectivity index (χ0n) is 13.3. The van der Waals surface area contributed by atoms with Gasteiger partial charge in [0.15, 0.2) is 5.82 Å². The van der Waals surface area contributed by atoms with E-state index in [0.29, 0.717) is 19.0 Å². The van der Waals surface area contributed by atoms with E-state index in [9.17, 15) is 18.4 Å². The molecule has 25 heavy (non-hydrogen) atoms. The van der Waals surface area contributed by atoms with Crippen LogP contribution in [0.1, 0.15) is 23.2 Å². The van der Waals surface area contributed by atoms with Gasteiger partial charge in [-0.1, -0.05) is 0 Å². The number of carboxylic acids is 1. The normalized spacial score (nSPS) is 25.6. The van der Waals surface area contributed by atoms with Gasteiger partial charge in [0.25, 0.3) is 0 Å². The molecule has 2 heterocycles. The number of nitrogens with one attached hydrogen (secondary N) is 1. The quantitative estimate of drug-likeness (QED) is 0.766. The van der Waals surface area contributed by atoms with E-state index in [1.807, 2.05) is 0 Å². The van der Waals surface area contributed by atoms with Gasteiger partial charge in [0.2, 0.25) is 5.43 Å². The summed E-state index contributed by atoms with van der Waals surface area (Å²) in [5, 5.41) is 8.67. The number of nitrogens with zero attached hydrogens (tertiary/aromatic N) is 1. The van der Waals surface area contributed by atoms with Crippen molar-refractivity contribution in [3.8, 4) is 0 Å². The monoisotopic (exact) mass is 349 g/mol. The number of halogens is 2. The van der Waals surface area contributed by atoms with Crippen LogP contribution in [0.5, 0.6) is 0 Å². The van der Waals surface area contributed by atoms with Gasteiger partial charge in [0.05, 0.1) is 10.9 Å². The van der Waals surface area contributed by atoms with Gasteiger partial charge in [-0.25, -0.2) is 13.6 Å². The van der Waals surface area contributed by atoms with Crippen molar-refractivity contribution in [2.24, 2.45) is 17.6 Å². The van der Waals surface area contributed by atoms with Crippen molar-refractivity contribution in [1.82, 2.24) is 4.98 Å². The molecule has 1 saturated heterocycles. The number of anilines is 1. The van der Waals surface area contributed by atoms with E-state index in [1.165, 1.54) is 0 Å². The van der Waals surface area contributed by atoms with Gasteiger partial charge < -0.3 is 20.7 Å². The number of aromatic nitrogens is 1. The SMILES string of the molecule is N[C@@H]1C[C@@H]2CCN(c3c(F)cc4c(=O)c(C(=O)O)c[nH]c4c3F)C[C@@H]21. The Balaban J connectivity index is 1.82. The molecule has 1 saturated carbocycles. The molecule has 0 radical (unpaired) electrons. The molecular weight excluding hydrogens is 332 g/mol. The van der Waals surface area contributed by atoms with Gasteiger partial charge in [-0.3, -0.25) is 4.79 Å². The predicted octanol–water partition coefficient (Wildman–Crippen LogP) is 1.68. The molecule has 1 aromatic carbocycles. The molecular formula is C17H17F2N3O3. The smallest absolute Gasteiger partial charge is 0.341 e. The molecule has 132 valence electrons. The summed E-state index contributed by atoms with van der Waals surface area (Å²) >= 11 is 0. The number of H-pyrrole nitrogens is 1. The highest BCUT2D eigenvalue weighted by Gasteiger charge is 2.43. The second-order valence-electron chi connectivity index (χ2n) is 6.84. The number of carbonyl (C=O) groups is 1. The van der Waals surface area contributed by atoms with Crippen LogP contribution in [-0.2, 0) is 0 Å². The minimum Gasteiger partial charge on any atom is -0.477 e. The maximum atomic E-state index is 14.9. The van der Waals surface area contributed by atoms with Crippen molar-refractivity contribution in [3.63, 3.8) is 0 Å². The molecule has 0 spiro atoms. The van der Waals surface area contributed by atoms with Crippen LogP contribution < -0.4 is 16.1 Å². The largest absolute Gasteiger partial charge is 0.477 e. The average molecular weight is 349 g/mol. The summed E-state index contributed by atoms with van der Waals surface area (Å²) in [6.45, 7) is 0.993. The molecule has 1 aromatic heterocycles. The maximum absolute atomic E-state index is 14.9. The maximum Gasteiger partial charge on any atom is 0.341 e. The summed E-state index contributed by atoms with van der Waals surface area (Å²) in [6.07, 6.45) is 2.71. The highest BCUT2D eigenvalue weighted by Crippen LogP contribution is 2.42. The summed E-state index contributed by atoms with van der Waals surface area (Å²) in [4.78, 5) is 27.3. The Bertz CT molecular complexity index is 943. The second kappa shape index (κ2) is 5.52. The van der Waals surface area contributed by atoms with Crippen molar-refractivity contribution < 1.29 is 18.7 Å². The number of aromatic carboxylic acids is 1. The lowest BCUT2D eigenvalue weighted by atomic mass is 9.66. The first-order valence-corrected chi connectivity index (χ1v) is 8.15. The Morgan fingerprint density at radius 1 is 1.40 bits per heavy atom. The van der Waals surface area contributed by atoms with Crippen LogP contribution in [0, 0.1) is 23.5 Å². The third-order valence-electron chi connectivity index (χ3n) is 5.52. The van der Waals surface area contributed by atoms with Gasteiger partial charge in [0, 0.05) is 25.3 Å². The number of rotatable bonds is 2. The van der Waals surface area contributed by atoms with Gasteiger partial charge in [0.1, 0.15) is 17.1 Å². The van der Waals surface area contributed by atoms with E-state index in [2.05, 4.69) is 4.98 Å². The number of carboxylic acid groups (broad SMARTS) is 1. The Hall–Kier alpha value is -2.48. The number of fused-ring (bicyclic) bond motifs is 2. The zero-order chi connectivity index (χ0) is 17.9. The van der Waals surface area contributed by atoms with E-state index >= 15 is 0 Å². The summed E-state index contributed by atoms with van der Waals surface area (Å²) < 4.78 is 29.5. The van der Waals surface area contributed by atoms with Crippen LogP contribution in [-0.4, -0.2) is 35.2 Å². The fourth-order valence-electron chi connectivity index (χ4n) is 4.07. The minimum atomic E-state index is -1.45. The fourth-order valence-corrected chi connectivity index (χ4v) is 4.07. The number of nitrogens with two attached hydrogens (primary N) is 1. The van der Waals surface area contributed by atoms with Gasteiger partial charge >= 0.3 is 5.97 Å². The van der Waals surface area contributed by atoms with E-state index in [-0.39, 0.29) is 28.6 Å². The topological polar surface area (TPSA) is 99.4 Å². The van der Waals surface area contributed by atoms with Gasteiger partial charge in [-0.05, 0) is 30.7 Å². The number of pyridine rings is 1. The van der Waals surface area contributed by atoms with Crippen LogP contribution in [0.4, 0.5) is 14.5 Å². The van der Waals surface area contributed by atoms with E-state index in [1.54, 1.807) is 4.90 Å². The first-order chi connectivity index (χ1) is 11.9. The molecule has 8 heteroatoms. The van der Waals surface area contributed by atoms with Crippen LogP contribution in [0.3, 0.4) is 0 Å². The lowest BCUT2D eigenvalue weighted by Crippen LogP contribution is -2.57. The number of aromatic amines is 1. The van der Waals surface area contributed by atoms with Crippen molar-refractivity contribution in [3.05, 3.63) is 39.7 Å². The Kier molecular flexibility index (Phi) is 3.54. The van der Waals surface area contributed by atoms with Gasteiger partial charge in [-0.15, -0.1) is 0 Å². The molecule has 4 rings (SSSR count). The summed E-state index contributed by atoms with van der Waals surface area (Å²) in [7, 11) is 0. The molecule has 6 nitrogen and oxygen atoms in total. The second-order valence-corrected chi connectivity index (χ2v) is 6.84. The molecule has 1 aliphatic heterocycles. The lowest BCUT2D eigenvalue weighted by molar-refractivity contribution is 0.0695. The molecule has 2 fully saturated rings. The Labute approximate surface area is 141 Å². The highest BCUT2D eigenvalue weighted by molar-refractivity contribution is 5.93. The number of piperidine rings is 1. The lowest BCUT2D eigenvalue weighted by Gasteiger charge is -2.50. The molecule has 0 unspecified atom stereocenters. The van der Waals surface area contributed by atoms with Crippen LogP contribution in [0.25, 0.3) is 10.9 Å². The first kappa shape index (κ1) is 16.0. The van der Waals surface area contributed by atoms with Crippen molar-refractivity contribution in [1.29, 1.82) is 0 Å². The van der Waals surface area contributed by atoms with Crippen molar-refractivity contribution >= 4 is 22.6 Å². The van der Waals surface area contributed by atoms with Crippen LogP contribution >= 0.6 is 0 Å². The molecule has 0 amide bonds. The molecule has 2 aliphatic rings. The minimum absolute atomic E-state index is 0.0531. The van der Waals surface area contributed by atoms with Crippen molar-refractivity contribution in [2.75, 3.05) is 18.0 Å². The third kappa shape index (κ3) is 2.31. The Morgan fingerprint density at radius 3 is 2.84 bits per heavy atom. The van der Waals surface area contributed by atoms with Crippen LogP contribution in [0.2, 0.25) is 0 Å². The molecule has 0 bridgehead atoms. The van der Waals surface area contributed by atoms with E-state index in [0.717, 1.165) is 25.1 Å². The van der Waals surface area contributed by atoms with Crippen LogP contribution in [0.15, 0.2) is 17.1 Å². The third-order valence-corrected chi connectivity index (χ3v) is 5.52. The summed E-state index contributed by atoms with van der Waals surface area (Å²) in [6, 6.07) is 0.962. The van der Waals surface area contributed by atoms with Crippen molar-refractivity contribution in [2.45, 2.75) is 18.9 Å². The first-order valence-electron chi connectivity index (χ1n) is 8.15. The number of hydrogen-bond donors (Lipinski definition) is 3. The van der Waals surface area contributed by atoms with Gasteiger partial charge in [-0.2, -0.15) is 0 Å². The fraction of sp³-hybridized carbons (Fsp3) is 0.412. The molecule has 4 N–H and O–H groups in total. The molecule has 3 atom stereocenters. The zero-order valence-corrected chi connectivity index (χ0v) is 13.3. The predicted molar refractivity (Wildman–Crippen MR) is 87.8 cm³/mol. The molecule has 2 aromatic rings. The van der Waals surface area contributed by atoms with E-state index in [4.69, 9.17) is 10.8 Å². The highest BCUT2D eigenvalue weighted by atomic mass is 19.1. The average Bonchev–Trinajstić information content (AvgIpc) is 2.55. The molecule has 1 aliphatic carbocycles. The number of hydrogen-bond acceptors (Lipinski definition) is 4. The standard InChI is InChI=1S/C17H17F2N3O3/c18-11-4-8-14(21-5-9(16(8)23)17(24)25)13(19)15(11)22-2-1-7-3-12(20)10(7)6-22/h4-5,7,10,12H,1-3,6,20H2,(H,21,23)(H,24,25)/t7-,10-,12+/m0/s1. The summed E-state index contributed by atoms with van der Waals surface area (Å²) in [5.41, 5.74) is 4.14.